The van der Waals surface area contributed by atoms with Gasteiger partial charge in [-0.3, -0.25) is 9.69 Å². The van der Waals surface area contributed by atoms with E-state index in [2.05, 4.69) is 25.3 Å². The van der Waals surface area contributed by atoms with E-state index in [-0.39, 0.29) is 17.5 Å². The van der Waals surface area contributed by atoms with Gasteiger partial charge in [0.25, 0.3) is 0 Å². The molecule has 1 amide bonds. The van der Waals surface area contributed by atoms with E-state index in [1.165, 1.54) is 6.07 Å². The normalized spacial score (nSPS) is 14.5. The third-order valence-electron chi connectivity index (χ3n) is 6.42. The Kier molecular flexibility index (Phi) is 6.50. The monoisotopic (exact) mass is 477 g/mol. The van der Waals surface area contributed by atoms with Crippen LogP contribution in [0.2, 0.25) is 0 Å². The van der Waals surface area contributed by atoms with Gasteiger partial charge in [0.2, 0.25) is 5.82 Å². The van der Waals surface area contributed by atoms with Crippen LogP contribution < -0.4 is 10.2 Å². The predicted octanol–water partition coefficient (Wildman–Crippen LogP) is 4.18. The van der Waals surface area contributed by atoms with Crippen LogP contribution in [0.25, 0.3) is 22.6 Å². The number of fused-ring (bicyclic) bond motifs is 1. The molecule has 1 saturated heterocycles. The molecule has 182 valence electrons. The molecule has 1 aliphatic rings. The van der Waals surface area contributed by atoms with E-state index in [0.717, 1.165) is 61.2 Å². The zero-order valence-corrected chi connectivity index (χ0v) is 19.9. The van der Waals surface area contributed by atoms with Crippen molar-refractivity contribution in [3.63, 3.8) is 0 Å². The molecular formula is C26H28FN5O3. The number of nitrogens with zero attached hydrogens (tertiary/aromatic N) is 4. The van der Waals surface area contributed by atoms with Gasteiger partial charge < -0.3 is 19.2 Å². The molecule has 0 saturated carbocycles. The Morgan fingerprint density at radius 2 is 1.91 bits per heavy atom. The van der Waals surface area contributed by atoms with E-state index in [1.807, 2.05) is 44.2 Å². The lowest BCUT2D eigenvalue weighted by Gasteiger charge is -2.36. The summed E-state index contributed by atoms with van der Waals surface area (Å²) < 4.78 is 25.1. The van der Waals surface area contributed by atoms with Gasteiger partial charge in [0.1, 0.15) is 11.4 Å². The number of aryl methyl sites for hydroxylation is 2. The Labute approximate surface area is 202 Å². The van der Waals surface area contributed by atoms with Crippen LogP contribution >= 0.6 is 0 Å². The third kappa shape index (κ3) is 4.90. The lowest BCUT2D eigenvalue weighted by atomic mass is 10.1. The minimum atomic E-state index is -0.405. The molecule has 0 unspecified atom stereocenters. The fraction of sp³-hybridized carbons (Fsp3) is 0.346. The molecule has 0 atom stereocenters. The SMILES string of the molecule is Cc1ccc2oc(-c3noc(C(=O)NCCCN4CCN(c5ccccc5F)CC4)n3)c(C)c2c1. The first-order valence-corrected chi connectivity index (χ1v) is 11.8. The van der Waals surface area contributed by atoms with Gasteiger partial charge in [-0.15, -0.1) is 0 Å². The van der Waals surface area contributed by atoms with Crippen molar-refractivity contribution >= 4 is 22.6 Å². The van der Waals surface area contributed by atoms with E-state index < -0.39 is 5.91 Å². The minimum Gasteiger partial charge on any atom is -0.452 e. The highest BCUT2D eigenvalue weighted by molar-refractivity contribution is 5.90. The number of carbonyl (C=O) groups is 1. The van der Waals surface area contributed by atoms with Crippen LogP contribution in [0.1, 0.15) is 28.2 Å². The molecule has 0 aliphatic carbocycles. The predicted molar refractivity (Wildman–Crippen MR) is 131 cm³/mol. The molecule has 35 heavy (non-hydrogen) atoms. The number of hydrogen-bond donors (Lipinski definition) is 1. The Hall–Kier alpha value is -3.72. The average Bonchev–Trinajstić information content (AvgIpc) is 3.48. The topological polar surface area (TPSA) is 87.6 Å². The summed E-state index contributed by atoms with van der Waals surface area (Å²) in [5, 5.41) is 7.78. The van der Waals surface area contributed by atoms with Gasteiger partial charge in [-0.05, 0) is 51.1 Å². The van der Waals surface area contributed by atoms with Gasteiger partial charge in [-0.25, -0.2) is 4.39 Å². The van der Waals surface area contributed by atoms with Crippen LogP contribution in [0.4, 0.5) is 10.1 Å². The quantitative estimate of drug-likeness (QED) is 0.400. The van der Waals surface area contributed by atoms with Crippen LogP contribution in [0.5, 0.6) is 0 Å². The summed E-state index contributed by atoms with van der Waals surface area (Å²) in [6.45, 7) is 8.56. The number of para-hydroxylation sites is 1. The lowest BCUT2D eigenvalue weighted by Crippen LogP contribution is -2.47. The highest BCUT2D eigenvalue weighted by Crippen LogP contribution is 2.32. The van der Waals surface area contributed by atoms with E-state index in [4.69, 9.17) is 8.94 Å². The highest BCUT2D eigenvalue weighted by Gasteiger charge is 2.22. The van der Waals surface area contributed by atoms with E-state index >= 15 is 0 Å². The number of amides is 1. The van der Waals surface area contributed by atoms with Crippen molar-refractivity contribution in [2.45, 2.75) is 20.3 Å². The first-order valence-electron chi connectivity index (χ1n) is 11.8. The van der Waals surface area contributed by atoms with Crippen molar-refractivity contribution < 1.29 is 18.1 Å². The number of hydrogen-bond acceptors (Lipinski definition) is 7. The molecule has 0 bridgehead atoms. The second-order valence-corrected chi connectivity index (χ2v) is 8.87. The number of piperazine rings is 1. The van der Waals surface area contributed by atoms with Crippen LogP contribution in [0, 0.1) is 19.7 Å². The van der Waals surface area contributed by atoms with Crippen LogP contribution in [-0.2, 0) is 0 Å². The third-order valence-corrected chi connectivity index (χ3v) is 6.42. The van der Waals surface area contributed by atoms with Crippen molar-refractivity contribution in [1.29, 1.82) is 0 Å². The summed E-state index contributed by atoms with van der Waals surface area (Å²) in [5.41, 5.74) is 3.44. The molecule has 4 aromatic rings. The summed E-state index contributed by atoms with van der Waals surface area (Å²) in [6.07, 6.45) is 0.786. The zero-order valence-electron chi connectivity index (χ0n) is 19.9. The molecule has 9 heteroatoms. The van der Waals surface area contributed by atoms with Crippen molar-refractivity contribution in [1.82, 2.24) is 20.4 Å². The van der Waals surface area contributed by atoms with Crippen LogP contribution in [0.15, 0.2) is 51.4 Å². The van der Waals surface area contributed by atoms with Crippen molar-refractivity contribution in [2.75, 3.05) is 44.2 Å². The number of benzene rings is 2. The number of nitrogens with one attached hydrogen (secondary N) is 1. The van der Waals surface area contributed by atoms with Crippen LogP contribution in [-0.4, -0.2) is 60.2 Å². The first kappa shape index (κ1) is 23.0. The van der Waals surface area contributed by atoms with Gasteiger partial charge in [-0.2, -0.15) is 4.98 Å². The summed E-state index contributed by atoms with van der Waals surface area (Å²) >= 11 is 0. The second kappa shape index (κ2) is 9.87. The zero-order chi connectivity index (χ0) is 24.4. The highest BCUT2D eigenvalue weighted by atomic mass is 19.1. The maximum absolute atomic E-state index is 14.0. The van der Waals surface area contributed by atoms with E-state index in [1.54, 1.807) is 6.07 Å². The van der Waals surface area contributed by atoms with Gasteiger partial charge >= 0.3 is 11.8 Å². The molecule has 5 rings (SSSR count). The number of rotatable bonds is 7. The molecule has 2 aromatic carbocycles. The van der Waals surface area contributed by atoms with E-state index in [9.17, 15) is 9.18 Å². The first-order chi connectivity index (χ1) is 17.0. The molecule has 1 N–H and O–H groups in total. The fourth-order valence-electron chi connectivity index (χ4n) is 4.46. The molecule has 3 heterocycles. The summed E-state index contributed by atoms with van der Waals surface area (Å²) in [7, 11) is 0. The molecule has 1 aliphatic heterocycles. The largest absolute Gasteiger partial charge is 0.452 e. The van der Waals surface area contributed by atoms with Gasteiger partial charge in [-0.1, -0.05) is 28.9 Å². The van der Waals surface area contributed by atoms with Gasteiger partial charge in [0.15, 0.2) is 5.76 Å². The van der Waals surface area contributed by atoms with E-state index in [0.29, 0.717) is 18.0 Å². The Bertz CT molecular complexity index is 1340. The Morgan fingerprint density at radius 1 is 1.11 bits per heavy atom. The fourth-order valence-corrected chi connectivity index (χ4v) is 4.46. The molecule has 0 radical (unpaired) electrons. The second-order valence-electron chi connectivity index (χ2n) is 8.87. The van der Waals surface area contributed by atoms with Crippen molar-refractivity contribution in [3.05, 3.63) is 65.3 Å². The standard InChI is InChI=1S/C26H28FN5O3/c1-17-8-9-22-19(16-17)18(2)23(34-22)24-29-26(35-30-24)25(33)28-10-5-11-31-12-14-32(15-13-31)21-7-4-3-6-20(21)27/h3-4,6-9,16H,5,10-15H2,1-2H3,(H,28,33). The number of halogens is 1. The number of carbonyl (C=O) groups excluding carboxylic acids is 1. The number of anilines is 1. The Morgan fingerprint density at radius 3 is 2.71 bits per heavy atom. The molecule has 2 aromatic heterocycles. The average molecular weight is 478 g/mol. The maximum Gasteiger partial charge on any atom is 0.316 e. The van der Waals surface area contributed by atoms with Crippen LogP contribution in [0.3, 0.4) is 0 Å². The Balaban J connectivity index is 1.09. The molecule has 8 nitrogen and oxygen atoms in total. The molecular weight excluding hydrogens is 449 g/mol. The summed E-state index contributed by atoms with van der Waals surface area (Å²) in [5.74, 6) is 0.0860. The summed E-state index contributed by atoms with van der Waals surface area (Å²) in [6, 6.07) is 12.8. The lowest BCUT2D eigenvalue weighted by molar-refractivity contribution is 0.0907. The van der Waals surface area contributed by atoms with Gasteiger partial charge in [0, 0.05) is 43.7 Å². The van der Waals surface area contributed by atoms with Gasteiger partial charge in [0.05, 0.1) is 5.69 Å². The minimum absolute atomic E-state index is 0.0884. The molecule has 0 spiro atoms. The molecule has 1 fully saturated rings. The van der Waals surface area contributed by atoms with Crippen molar-refractivity contribution in [2.24, 2.45) is 0 Å². The number of furan rings is 1. The number of aromatic nitrogens is 2. The maximum atomic E-state index is 14.0. The summed E-state index contributed by atoms with van der Waals surface area (Å²) in [4.78, 5) is 21.1. The van der Waals surface area contributed by atoms with Crippen molar-refractivity contribution in [3.8, 4) is 11.6 Å². The smallest absolute Gasteiger partial charge is 0.316 e.